The van der Waals surface area contributed by atoms with Crippen LogP contribution in [-0.2, 0) is 19.1 Å². The molecular weight excluding hydrogens is 486 g/mol. The maximum atomic E-state index is 14.0. The highest BCUT2D eigenvalue weighted by molar-refractivity contribution is 7.98. The van der Waals surface area contributed by atoms with Gasteiger partial charge in [-0.05, 0) is 43.7 Å². The molecule has 8 heteroatoms. The van der Waals surface area contributed by atoms with Gasteiger partial charge in [-0.25, -0.2) is 0 Å². The summed E-state index contributed by atoms with van der Waals surface area (Å²) < 4.78 is 6.45. The number of thioether (sulfide) groups is 1. The first-order valence-corrected chi connectivity index (χ1v) is 15.1. The van der Waals surface area contributed by atoms with Crippen LogP contribution in [0.25, 0.3) is 0 Å². The number of nitrogens with zero attached hydrogens (tertiary/aromatic N) is 1. The molecule has 200 valence electrons. The van der Waals surface area contributed by atoms with Gasteiger partial charge < -0.3 is 20.3 Å². The SMILES string of the molecule is CCCCCCN1C(=O)[C@H]2[C@@H](C(=O)Nc3cccc(SC)c3)[C@H]3C=C[C@@]2(O3)[C@H]1C(=O)NC1CCCCC1. The van der Waals surface area contributed by atoms with Crippen molar-refractivity contribution < 1.29 is 19.1 Å². The third kappa shape index (κ3) is 4.94. The summed E-state index contributed by atoms with van der Waals surface area (Å²) in [6.07, 6.45) is 14.7. The molecular formula is C29H39N3O4S. The van der Waals surface area contributed by atoms with Crippen molar-refractivity contribution in [2.75, 3.05) is 18.1 Å². The molecule has 3 heterocycles. The predicted molar refractivity (Wildman–Crippen MR) is 145 cm³/mol. The Balaban J connectivity index is 1.40. The number of fused-ring (bicyclic) bond motifs is 1. The molecule has 4 aliphatic rings. The molecule has 37 heavy (non-hydrogen) atoms. The van der Waals surface area contributed by atoms with Crippen molar-refractivity contribution in [3.63, 3.8) is 0 Å². The van der Waals surface area contributed by atoms with Gasteiger partial charge in [-0.1, -0.05) is 63.7 Å². The molecule has 0 radical (unpaired) electrons. The van der Waals surface area contributed by atoms with Crippen LogP contribution in [0.5, 0.6) is 0 Å². The summed E-state index contributed by atoms with van der Waals surface area (Å²) >= 11 is 1.61. The number of hydrogen-bond donors (Lipinski definition) is 2. The minimum Gasteiger partial charge on any atom is -0.359 e. The second-order valence-electron chi connectivity index (χ2n) is 10.9. The van der Waals surface area contributed by atoms with Gasteiger partial charge in [0.1, 0.15) is 11.6 Å². The van der Waals surface area contributed by atoms with Crippen LogP contribution in [-0.4, -0.2) is 59.2 Å². The van der Waals surface area contributed by atoms with Gasteiger partial charge in [-0.3, -0.25) is 14.4 Å². The first-order valence-electron chi connectivity index (χ1n) is 13.9. The average molecular weight is 526 g/mol. The smallest absolute Gasteiger partial charge is 0.246 e. The lowest BCUT2D eigenvalue weighted by Gasteiger charge is -2.34. The van der Waals surface area contributed by atoms with Gasteiger partial charge in [0.25, 0.3) is 0 Å². The fraction of sp³-hybridized carbons (Fsp3) is 0.621. The van der Waals surface area contributed by atoms with E-state index in [2.05, 4.69) is 17.6 Å². The average Bonchev–Trinajstić information content (AvgIpc) is 3.54. The Labute approximate surface area is 224 Å². The summed E-state index contributed by atoms with van der Waals surface area (Å²) in [5, 5.41) is 6.27. The predicted octanol–water partition coefficient (Wildman–Crippen LogP) is 4.53. The molecule has 1 saturated carbocycles. The molecule has 1 aromatic carbocycles. The maximum absolute atomic E-state index is 14.0. The number of benzene rings is 1. The van der Waals surface area contributed by atoms with E-state index >= 15 is 0 Å². The molecule has 2 saturated heterocycles. The molecule has 1 spiro atoms. The number of carbonyl (C=O) groups is 3. The molecule has 0 unspecified atom stereocenters. The van der Waals surface area contributed by atoms with Crippen molar-refractivity contribution in [2.24, 2.45) is 11.8 Å². The first-order chi connectivity index (χ1) is 18.0. The summed E-state index contributed by atoms with van der Waals surface area (Å²) in [5.41, 5.74) is -0.389. The van der Waals surface area contributed by atoms with E-state index in [9.17, 15) is 14.4 Å². The fourth-order valence-corrected chi connectivity index (χ4v) is 7.13. The van der Waals surface area contributed by atoms with E-state index in [0.717, 1.165) is 56.3 Å². The van der Waals surface area contributed by atoms with Gasteiger partial charge >= 0.3 is 0 Å². The van der Waals surface area contributed by atoms with Crippen molar-refractivity contribution in [3.05, 3.63) is 36.4 Å². The molecule has 2 N–H and O–H groups in total. The number of ether oxygens (including phenoxy) is 1. The van der Waals surface area contributed by atoms with Gasteiger partial charge in [0.15, 0.2) is 0 Å². The third-order valence-electron chi connectivity index (χ3n) is 8.47. The van der Waals surface area contributed by atoms with E-state index in [4.69, 9.17) is 4.74 Å². The lowest BCUT2D eigenvalue weighted by molar-refractivity contribution is -0.141. The maximum Gasteiger partial charge on any atom is 0.246 e. The zero-order valence-electron chi connectivity index (χ0n) is 21.9. The molecule has 3 aliphatic heterocycles. The van der Waals surface area contributed by atoms with Crippen LogP contribution in [0.15, 0.2) is 41.3 Å². The van der Waals surface area contributed by atoms with Gasteiger partial charge in [0.2, 0.25) is 17.7 Å². The Morgan fingerprint density at radius 3 is 2.70 bits per heavy atom. The summed E-state index contributed by atoms with van der Waals surface area (Å²) in [5.74, 6) is -1.87. The molecule has 5 rings (SSSR count). The van der Waals surface area contributed by atoms with E-state index in [0.29, 0.717) is 12.2 Å². The standard InChI is InChI=1S/C29H39N3O4S/c1-3-4-5-9-17-32-25(27(34)30-19-11-7-6-8-12-19)29-16-15-22(36-29)23(24(29)28(32)35)26(33)31-20-13-10-14-21(18-20)37-2/h10,13-16,18-19,22-25H,3-9,11-12,17H2,1-2H3,(H,30,34)(H,31,33)/t22-,23+,24-,25-,29+/m1/s1. The first kappa shape index (κ1) is 26.3. The van der Waals surface area contributed by atoms with Gasteiger partial charge in [-0.2, -0.15) is 0 Å². The Hall–Kier alpha value is -2.32. The van der Waals surface area contributed by atoms with Crippen LogP contribution in [0.2, 0.25) is 0 Å². The number of rotatable bonds is 10. The summed E-state index contributed by atoms with van der Waals surface area (Å²) in [4.78, 5) is 44.1. The molecule has 3 amide bonds. The number of amides is 3. The fourth-order valence-electron chi connectivity index (χ4n) is 6.67. The largest absolute Gasteiger partial charge is 0.359 e. The molecule has 1 aromatic rings. The lowest BCUT2D eigenvalue weighted by Crippen LogP contribution is -2.56. The highest BCUT2D eigenvalue weighted by Crippen LogP contribution is 2.55. The third-order valence-corrected chi connectivity index (χ3v) is 9.19. The molecule has 5 atom stereocenters. The van der Waals surface area contributed by atoms with E-state index in [1.165, 1.54) is 6.42 Å². The topological polar surface area (TPSA) is 87.7 Å². The Bertz CT molecular complexity index is 1060. The molecule has 0 aromatic heterocycles. The summed E-state index contributed by atoms with van der Waals surface area (Å²) in [6, 6.07) is 7.08. The minimum atomic E-state index is -1.09. The zero-order valence-corrected chi connectivity index (χ0v) is 22.7. The van der Waals surface area contributed by atoms with Crippen molar-refractivity contribution in [2.45, 2.75) is 93.4 Å². The van der Waals surface area contributed by atoms with Crippen molar-refractivity contribution in [3.8, 4) is 0 Å². The van der Waals surface area contributed by atoms with Crippen LogP contribution in [0.1, 0.15) is 64.7 Å². The van der Waals surface area contributed by atoms with E-state index in [1.807, 2.05) is 42.7 Å². The normalized spacial score (nSPS) is 30.5. The monoisotopic (exact) mass is 525 g/mol. The van der Waals surface area contributed by atoms with Crippen LogP contribution in [0.3, 0.4) is 0 Å². The second-order valence-corrected chi connectivity index (χ2v) is 11.7. The van der Waals surface area contributed by atoms with Crippen molar-refractivity contribution in [1.82, 2.24) is 10.2 Å². The highest BCUT2D eigenvalue weighted by Gasteiger charge is 2.72. The van der Waals surface area contributed by atoms with Gasteiger partial charge in [-0.15, -0.1) is 11.8 Å². The van der Waals surface area contributed by atoms with E-state index in [-0.39, 0.29) is 23.8 Å². The van der Waals surface area contributed by atoms with Gasteiger partial charge in [0.05, 0.1) is 17.9 Å². The van der Waals surface area contributed by atoms with Crippen molar-refractivity contribution in [1.29, 1.82) is 0 Å². The minimum absolute atomic E-state index is 0.134. The van der Waals surface area contributed by atoms with E-state index < -0.39 is 29.6 Å². The summed E-state index contributed by atoms with van der Waals surface area (Å²) in [6.45, 7) is 2.66. The number of likely N-dealkylation sites (tertiary alicyclic amines) is 1. The molecule has 1 aliphatic carbocycles. The number of hydrogen-bond acceptors (Lipinski definition) is 5. The zero-order chi connectivity index (χ0) is 26.0. The Morgan fingerprint density at radius 2 is 1.95 bits per heavy atom. The van der Waals surface area contributed by atoms with E-state index in [1.54, 1.807) is 16.7 Å². The molecule has 2 bridgehead atoms. The Morgan fingerprint density at radius 1 is 1.14 bits per heavy atom. The lowest BCUT2D eigenvalue weighted by atomic mass is 9.74. The molecule has 7 nitrogen and oxygen atoms in total. The summed E-state index contributed by atoms with van der Waals surface area (Å²) in [7, 11) is 0. The highest BCUT2D eigenvalue weighted by atomic mass is 32.2. The molecule has 3 fully saturated rings. The van der Waals surface area contributed by atoms with Crippen LogP contribution in [0, 0.1) is 11.8 Å². The quantitative estimate of drug-likeness (QED) is 0.266. The number of unbranched alkanes of at least 4 members (excludes halogenated alkanes) is 3. The van der Waals surface area contributed by atoms with Gasteiger partial charge in [0, 0.05) is 23.2 Å². The van der Waals surface area contributed by atoms with Crippen molar-refractivity contribution >= 4 is 35.2 Å². The number of anilines is 1. The number of carbonyl (C=O) groups excluding carboxylic acids is 3. The Kier molecular flexibility index (Phi) is 7.96. The van der Waals surface area contributed by atoms with Crippen LogP contribution in [0.4, 0.5) is 5.69 Å². The number of nitrogens with one attached hydrogen (secondary N) is 2. The van der Waals surface area contributed by atoms with Crippen LogP contribution >= 0.6 is 11.8 Å². The second kappa shape index (κ2) is 11.2. The van der Waals surface area contributed by atoms with Crippen LogP contribution < -0.4 is 10.6 Å².